The Bertz CT molecular complexity index is 1050. The van der Waals surface area contributed by atoms with Crippen LogP contribution in [0.3, 0.4) is 0 Å². The molecular formula is C16H9FN4OS. The number of nitrogens with one attached hydrogen (secondary N) is 1. The molecule has 0 atom stereocenters. The third-order valence-corrected chi connectivity index (χ3v) is 4.19. The van der Waals surface area contributed by atoms with Crippen LogP contribution >= 0.6 is 11.3 Å². The van der Waals surface area contributed by atoms with E-state index in [0.717, 1.165) is 5.52 Å². The van der Waals surface area contributed by atoms with Crippen LogP contribution < -0.4 is 5.32 Å². The van der Waals surface area contributed by atoms with Gasteiger partial charge in [-0.05, 0) is 30.3 Å². The van der Waals surface area contributed by atoms with Crippen molar-refractivity contribution in [3.8, 4) is 0 Å². The lowest BCUT2D eigenvalue weighted by molar-refractivity contribution is 0.102. The Kier molecular flexibility index (Phi) is 3.20. The second kappa shape index (κ2) is 5.36. The van der Waals surface area contributed by atoms with Crippen LogP contribution in [0.4, 0.5) is 9.52 Å². The molecule has 2 aromatic heterocycles. The maximum atomic E-state index is 13.2. The standard InChI is InChI=1S/C16H9FN4OS/c17-9-5-6-12-14(7-9)23-16(20-12)21-15(22)13-8-18-10-3-1-2-4-11(10)19-13/h1-8H,(H,20,21,22). The fourth-order valence-electron chi connectivity index (χ4n) is 2.18. The molecule has 0 aliphatic carbocycles. The summed E-state index contributed by atoms with van der Waals surface area (Å²) in [6.45, 7) is 0. The quantitative estimate of drug-likeness (QED) is 0.611. The number of hydrogen-bond acceptors (Lipinski definition) is 5. The highest BCUT2D eigenvalue weighted by Crippen LogP contribution is 2.26. The van der Waals surface area contributed by atoms with Gasteiger partial charge < -0.3 is 0 Å². The van der Waals surface area contributed by atoms with E-state index in [1.165, 1.54) is 29.7 Å². The maximum Gasteiger partial charge on any atom is 0.277 e. The molecule has 2 heterocycles. The second-order valence-electron chi connectivity index (χ2n) is 4.83. The van der Waals surface area contributed by atoms with Gasteiger partial charge >= 0.3 is 0 Å². The van der Waals surface area contributed by atoms with Gasteiger partial charge in [-0.3, -0.25) is 15.1 Å². The van der Waals surface area contributed by atoms with Gasteiger partial charge in [-0.15, -0.1) is 0 Å². The Morgan fingerprint density at radius 2 is 1.87 bits per heavy atom. The predicted molar refractivity (Wildman–Crippen MR) is 87.1 cm³/mol. The van der Waals surface area contributed by atoms with Crippen LogP contribution in [0, 0.1) is 5.82 Å². The highest BCUT2D eigenvalue weighted by Gasteiger charge is 2.12. The normalized spacial score (nSPS) is 11.0. The Balaban J connectivity index is 1.64. The van der Waals surface area contributed by atoms with E-state index >= 15 is 0 Å². The molecule has 0 bridgehead atoms. The van der Waals surface area contributed by atoms with Crippen LogP contribution in [-0.2, 0) is 0 Å². The third kappa shape index (κ3) is 2.62. The minimum Gasteiger partial charge on any atom is -0.296 e. The maximum absolute atomic E-state index is 13.2. The molecule has 1 amide bonds. The monoisotopic (exact) mass is 324 g/mol. The van der Waals surface area contributed by atoms with Crippen molar-refractivity contribution in [1.29, 1.82) is 0 Å². The zero-order chi connectivity index (χ0) is 15.8. The van der Waals surface area contributed by atoms with Crippen molar-refractivity contribution in [3.63, 3.8) is 0 Å². The first-order valence-corrected chi connectivity index (χ1v) is 7.60. The van der Waals surface area contributed by atoms with Crippen molar-refractivity contribution in [2.24, 2.45) is 0 Å². The average molecular weight is 324 g/mol. The number of para-hydroxylation sites is 2. The van der Waals surface area contributed by atoms with E-state index in [-0.39, 0.29) is 11.5 Å². The van der Waals surface area contributed by atoms with E-state index in [2.05, 4.69) is 20.3 Å². The van der Waals surface area contributed by atoms with Gasteiger partial charge in [-0.1, -0.05) is 23.5 Å². The summed E-state index contributed by atoms with van der Waals surface area (Å²) >= 11 is 1.21. The minimum atomic E-state index is -0.400. The smallest absolute Gasteiger partial charge is 0.277 e. The molecule has 0 radical (unpaired) electrons. The molecule has 0 saturated carbocycles. The average Bonchev–Trinajstić information content (AvgIpc) is 2.95. The van der Waals surface area contributed by atoms with E-state index in [1.807, 2.05) is 18.2 Å². The number of halogens is 1. The van der Waals surface area contributed by atoms with Gasteiger partial charge in [0.1, 0.15) is 11.5 Å². The summed E-state index contributed by atoms with van der Waals surface area (Å²) in [4.78, 5) is 25.0. The molecular weight excluding hydrogens is 315 g/mol. The fraction of sp³-hybridized carbons (Fsp3) is 0. The van der Waals surface area contributed by atoms with Crippen LogP contribution in [0.5, 0.6) is 0 Å². The van der Waals surface area contributed by atoms with E-state index < -0.39 is 5.91 Å². The number of benzene rings is 2. The largest absolute Gasteiger partial charge is 0.296 e. The topological polar surface area (TPSA) is 67.8 Å². The summed E-state index contributed by atoms with van der Waals surface area (Å²) < 4.78 is 13.9. The van der Waals surface area contributed by atoms with Gasteiger partial charge in [-0.2, -0.15) is 0 Å². The number of hydrogen-bond donors (Lipinski definition) is 1. The van der Waals surface area contributed by atoms with Gasteiger partial charge in [0, 0.05) is 0 Å². The van der Waals surface area contributed by atoms with Gasteiger partial charge in [0.05, 0.1) is 27.4 Å². The van der Waals surface area contributed by atoms with Crippen LogP contribution in [-0.4, -0.2) is 20.9 Å². The number of amides is 1. The van der Waals surface area contributed by atoms with Crippen molar-refractivity contribution < 1.29 is 9.18 Å². The molecule has 7 heteroatoms. The summed E-state index contributed by atoms with van der Waals surface area (Å²) in [5, 5.41) is 3.07. The zero-order valence-corrected chi connectivity index (χ0v) is 12.5. The summed E-state index contributed by atoms with van der Waals surface area (Å²) in [5.41, 5.74) is 2.21. The van der Waals surface area contributed by atoms with Gasteiger partial charge in [0.25, 0.3) is 5.91 Å². The SMILES string of the molecule is O=C(Nc1nc2ccc(F)cc2s1)c1cnc2ccccc2n1. The molecule has 112 valence electrons. The Hall–Kier alpha value is -2.93. The molecule has 23 heavy (non-hydrogen) atoms. The molecule has 0 unspecified atom stereocenters. The van der Waals surface area contributed by atoms with Crippen molar-refractivity contribution in [2.75, 3.05) is 5.32 Å². The lowest BCUT2D eigenvalue weighted by Gasteiger charge is -2.02. The van der Waals surface area contributed by atoms with Crippen molar-refractivity contribution in [2.45, 2.75) is 0 Å². The zero-order valence-electron chi connectivity index (χ0n) is 11.7. The van der Waals surface area contributed by atoms with E-state index in [4.69, 9.17) is 0 Å². The van der Waals surface area contributed by atoms with E-state index in [1.54, 1.807) is 12.1 Å². The van der Waals surface area contributed by atoms with Gasteiger partial charge in [0.2, 0.25) is 0 Å². The Labute approximate surface area is 133 Å². The molecule has 0 fully saturated rings. The van der Waals surface area contributed by atoms with E-state index in [0.29, 0.717) is 20.9 Å². The molecule has 1 N–H and O–H groups in total. The second-order valence-corrected chi connectivity index (χ2v) is 5.86. The van der Waals surface area contributed by atoms with Crippen LogP contribution in [0.1, 0.15) is 10.5 Å². The molecule has 0 saturated heterocycles. The number of carbonyl (C=O) groups is 1. The highest BCUT2D eigenvalue weighted by atomic mass is 32.1. The number of rotatable bonds is 2. The first kappa shape index (κ1) is 13.7. The van der Waals surface area contributed by atoms with Crippen LogP contribution in [0.15, 0.2) is 48.7 Å². The Morgan fingerprint density at radius 1 is 1.04 bits per heavy atom. The molecule has 2 aromatic carbocycles. The summed E-state index contributed by atoms with van der Waals surface area (Å²) in [7, 11) is 0. The number of anilines is 1. The Morgan fingerprint density at radius 3 is 2.74 bits per heavy atom. The lowest BCUT2D eigenvalue weighted by Crippen LogP contribution is -2.13. The summed E-state index contributed by atoms with van der Waals surface area (Å²) in [6, 6.07) is 11.6. The molecule has 5 nitrogen and oxygen atoms in total. The van der Waals surface area contributed by atoms with E-state index in [9.17, 15) is 9.18 Å². The summed E-state index contributed by atoms with van der Waals surface area (Å²) in [5.74, 6) is -0.734. The highest BCUT2D eigenvalue weighted by molar-refractivity contribution is 7.22. The van der Waals surface area contributed by atoms with Crippen LogP contribution in [0.25, 0.3) is 21.3 Å². The van der Waals surface area contributed by atoms with Gasteiger partial charge in [-0.25, -0.2) is 14.4 Å². The lowest BCUT2D eigenvalue weighted by atomic mass is 10.3. The number of thiazole rings is 1. The summed E-state index contributed by atoms with van der Waals surface area (Å²) in [6.07, 6.45) is 1.42. The molecule has 0 spiro atoms. The molecule has 4 rings (SSSR count). The first-order valence-electron chi connectivity index (χ1n) is 6.78. The molecule has 0 aliphatic rings. The minimum absolute atomic E-state index is 0.203. The molecule has 4 aromatic rings. The number of carbonyl (C=O) groups excluding carboxylic acids is 1. The van der Waals surface area contributed by atoms with Gasteiger partial charge in [0.15, 0.2) is 5.13 Å². The number of fused-ring (bicyclic) bond motifs is 2. The first-order chi connectivity index (χ1) is 11.2. The number of nitrogens with zero attached hydrogens (tertiary/aromatic N) is 3. The van der Waals surface area contributed by atoms with Crippen molar-refractivity contribution in [1.82, 2.24) is 15.0 Å². The van der Waals surface area contributed by atoms with Crippen molar-refractivity contribution >= 4 is 43.6 Å². The van der Waals surface area contributed by atoms with Crippen molar-refractivity contribution in [3.05, 3.63) is 60.2 Å². The number of aromatic nitrogens is 3. The van der Waals surface area contributed by atoms with Crippen LogP contribution in [0.2, 0.25) is 0 Å². The third-order valence-electron chi connectivity index (χ3n) is 3.25. The predicted octanol–water partition coefficient (Wildman–Crippen LogP) is 3.63. The molecule has 0 aliphatic heterocycles. The fourth-order valence-corrected chi connectivity index (χ4v) is 3.07.